The van der Waals surface area contributed by atoms with Crippen LogP contribution in [0.3, 0.4) is 0 Å². The van der Waals surface area contributed by atoms with Gasteiger partial charge in [0.25, 0.3) is 0 Å². The lowest BCUT2D eigenvalue weighted by Crippen LogP contribution is -2.08. The fourth-order valence-corrected chi connectivity index (χ4v) is 2.43. The number of nitrogens with zero attached hydrogens (tertiary/aromatic N) is 3. The molecule has 2 aromatic heterocycles. The van der Waals surface area contributed by atoms with Crippen molar-refractivity contribution in [3.63, 3.8) is 0 Å². The third-order valence-corrected chi connectivity index (χ3v) is 3.83. The van der Waals surface area contributed by atoms with Crippen molar-refractivity contribution in [2.75, 3.05) is 11.1 Å². The van der Waals surface area contributed by atoms with E-state index in [0.717, 1.165) is 11.4 Å². The quantitative estimate of drug-likeness (QED) is 0.874. The zero-order chi connectivity index (χ0) is 12.4. The molecule has 1 atom stereocenters. The lowest BCUT2D eigenvalue weighted by molar-refractivity contribution is 0.759. The molecule has 2 rings (SSSR count). The largest absolute Gasteiger partial charge is 0.394 e. The van der Waals surface area contributed by atoms with Crippen LogP contribution in [0.5, 0.6) is 0 Å². The van der Waals surface area contributed by atoms with Gasteiger partial charge in [-0.05, 0) is 13.3 Å². The Morgan fingerprint density at radius 2 is 2.35 bits per heavy atom. The number of nitrogens with one attached hydrogen (secondary N) is 1. The highest BCUT2D eigenvalue weighted by Crippen LogP contribution is 2.25. The number of rotatable bonds is 4. The van der Waals surface area contributed by atoms with Gasteiger partial charge >= 0.3 is 0 Å². The maximum atomic E-state index is 5.84. The second-order valence-corrected chi connectivity index (χ2v) is 5.14. The van der Waals surface area contributed by atoms with Crippen LogP contribution >= 0.6 is 11.3 Å². The van der Waals surface area contributed by atoms with E-state index >= 15 is 0 Å². The maximum absolute atomic E-state index is 5.84. The van der Waals surface area contributed by atoms with Gasteiger partial charge in [0.2, 0.25) is 0 Å². The van der Waals surface area contributed by atoms with Crippen molar-refractivity contribution in [2.24, 2.45) is 7.05 Å². The smallest absolute Gasteiger partial charge is 0.171 e. The zero-order valence-electron chi connectivity index (χ0n) is 10.3. The van der Waals surface area contributed by atoms with Crippen molar-refractivity contribution >= 4 is 22.8 Å². The second kappa shape index (κ2) is 4.75. The Balaban J connectivity index is 2.10. The Bertz CT molecular complexity index is 502. The van der Waals surface area contributed by atoms with Crippen LogP contribution in [0.2, 0.25) is 0 Å². The van der Waals surface area contributed by atoms with Crippen molar-refractivity contribution in [2.45, 2.75) is 26.3 Å². The molecule has 5 nitrogen and oxygen atoms in total. The summed E-state index contributed by atoms with van der Waals surface area (Å²) in [7, 11) is 1.85. The molecule has 0 amide bonds. The first kappa shape index (κ1) is 11.9. The number of nitrogens with two attached hydrogens (primary N) is 1. The van der Waals surface area contributed by atoms with E-state index in [1.807, 2.05) is 13.2 Å². The predicted molar refractivity (Wildman–Crippen MR) is 71.2 cm³/mol. The monoisotopic (exact) mass is 251 g/mol. The lowest BCUT2D eigenvalue weighted by Gasteiger charge is -2.10. The summed E-state index contributed by atoms with van der Waals surface area (Å²) in [6.07, 6.45) is 4.74. The third-order valence-electron chi connectivity index (χ3n) is 2.50. The van der Waals surface area contributed by atoms with Crippen LogP contribution in [-0.2, 0) is 13.5 Å². The Morgan fingerprint density at radius 3 is 2.88 bits per heavy atom. The standard InChI is InChI=1S/C11H17N5S/c1-4-8-5-13-11(17-8)7(2)14-10-9(12)6-16(3)15-10/h5-7H,4,12H2,1-3H3,(H,14,15). The highest BCUT2D eigenvalue weighted by Gasteiger charge is 2.13. The van der Waals surface area contributed by atoms with E-state index in [9.17, 15) is 0 Å². The first-order chi connectivity index (χ1) is 8.10. The molecule has 0 spiro atoms. The molecule has 0 bridgehead atoms. The molecule has 0 aliphatic heterocycles. The van der Waals surface area contributed by atoms with Gasteiger partial charge in [-0.25, -0.2) is 4.98 Å². The summed E-state index contributed by atoms with van der Waals surface area (Å²) in [4.78, 5) is 5.69. The molecule has 17 heavy (non-hydrogen) atoms. The molecule has 0 aromatic carbocycles. The molecule has 6 heteroatoms. The molecule has 0 aliphatic carbocycles. The first-order valence-electron chi connectivity index (χ1n) is 5.60. The highest BCUT2D eigenvalue weighted by atomic mass is 32.1. The van der Waals surface area contributed by atoms with Gasteiger partial charge in [0.05, 0.1) is 11.7 Å². The van der Waals surface area contributed by atoms with E-state index in [-0.39, 0.29) is 6.04 Å². The van der Waals surface area contributed by atoms with E-state index in [0.29, 0.717) is 11.5 Å². The fourth-order valence-electron chi connectivity index (χ4n) is 1.57. The van der Waals surface area contributed by atoms with Gasteiger partial charge in [-0.3, -0.25) is 4.68 Å². The summed E-state index contributed by atoms with van der Waals surface area (Å²) < 4.78 is 1.70. The van der Waals surface area contributed by atoms with Gasteiger partial charge in [-0.1, -0.05) is 6.92 Å². The number of aryl methyl sites for hydroxylation is 2. The molecule has 0 radical (unpaired) electrons. The van der Waals surface area contributed by atoms with Gasteiger partial charge in [0, 0.05) is 24.3 Å². The average molecular weight is 251 g/mol. The molecule has 0 saturated carbocycles. The average Bonchev–Trinajstić information content (AvgIpc) is 2.86. The van der Waals surface area contributed by atoms with Crippen LogP contribution < -0.4 is 11.1 Å². The van der Waals surface area contributed by atoms with Crippen LogP contribution in [0.25, 0.3) is 0 Å². The van der Waals surface area contributed by atoms with Crippen molar-refractivity contribution in [3.8, 4) is 0 Å². The van der Waals surface area contributed by atoms with Gasteiger partial charge < -0.3 is 11.1 Å². The van der Waals surface area contributed by atoms with Gasteiger partial charge in [-0.2, -0.15) is 5.10 Å². The van der Waals surface area contributed by atoms with Crippen LogP contribution in [0, 0.1) is 0 Å². The SMILES string of the molecule is CCc1cnc(C(C)Nc2nn(C)cc2N)s1. The maximum Gasteiger partial charge on any atom is 0.171 e. The summed E-state index contributed by atoms with van der Waals surface area (Å²) in [6.45, 7) is 4.19. The molecular formula is C11H17N5S. The molecule has 2 aromatic rings. The van der Waals surface area contributed by atoms with E-state index in [1.54, 1.807) is 22.2 Å². The minimum atomic E-state index is 0.123. The molecule has 0 aliphatic rings. The minimum absolute atomic E-state index is 0.123. The van der Waals surface area contributed by atoms with E-state index < -0.39 is 0 Å². The first-order valence-corrected chi connectivity index (χ1v) is 6.42. The van der Waals surface area contributed by atoms with Crippen LogP contribution in [0.1, 0.15) is 29.8 Å². The van der Waals surface area contributed by atoms with Crippen molar-refractivity contribution in [1.29, 1.82) is 0 Å². The van der Waals surface area contributed by atoms with Crippen LogP contribution in [0.4, 0.5) is 11.5 Å². The molecular weight excluding hydrogens is 234 g/mol. The van der Waals surface area contributed by atoms with Gasteiger partial charge in [-0.15, -0.1) is 11.3 Å². The van der Waals surface area contributed by atoms with E-state index in [2.05, 4.69) is 29.2 Å². The Kier molecular flexibility index (Phi) is 3.33. The van der Waals surface area contributed by atoms with Gasteiger partial charge in [0.15, 0.2) is 5.82 Å². The highest BCUT2D eigenvalue weighted by molar-refractivity contribution is 7.11. The zero-order valence-corrected chi connectivity index (χ0v) is 11.1. The number of hydrogen-bond acceptors (Lipinski definition) is 5. The number of nitrogen functional groups attached to an aromatic ring is 1. The molecule has 92 valence electrons. The summed E-state index contributed by atoms with van der Waals surface area (Å²) in [6, 6.07) is 0.123. The summed E-state index contributed by atoms with van der Waals surface area (Å²) in [5.41, 5.74) is 6.50. The summed E-state index contributed by atoms with van der Waals surface area (Å²) >= 11 is 1.72. The number of anilines is 2. The number of hydrogen-bond donors (Lipinski definition) is 2. The lowest BCUT2D eigenvalue weighted by atomic mass is 10.3. The molecule has 0 saturated heterocycles. The van der Waals surface area contributed by atoms with Crippen molar-refractivity contribution < 1.29 is 0 Å². The van der Waals surface area contributed by atoms with Crippen LogP contribution in [-0.4, -0.2) is 14.8 Å². The summed E-state index contributed by atoms with van der Waals surface area (Å²) in [5.74, 6) is 0.716. The minimum Gasteiger partial charge on any atom is -0.394 e. The molecule has 0 fully saturated rings. The van der Waals surface area contributed by atoms with Crippen molar-refractivity contribution in [3.05, 3.63) is 22.3 Å². The Hall–Kier alpha value is -1.56. The van der Waals surface area contributed by atoms with E-state index in [1.165, 1.54) is 4.88 Å². The van der Waals surface area contributed by atoms with E-state index in [4.69, 9.17) is 5.73 Å². The van der Waals surface area contributed by atoms with Crippen molar-refractivity contribution in [1.82, 2.24) is 14.8 Å². The van der Waals surface area contributed by atoms with Gasteiger partial charge in [0.1, 0.15) is 5.01 Å². The fraction of sp³-hybridized carbons (Fsp3) is 0.455. The Morgan fingerprint density at radius 1 is 1.59 bits per heavy atom. The normalized spacial score (nSPS) is 12.6. The predicted octanol–water partition coefficient (Wildman–Crippen LogP) is 2.19. The number of aromatic nitrogens is 3. The number of thiazole rings is 1. The molecule has 1 unspecified atom stereocenters. The van der Waals surface area contributed by atoms with Crippen LogP contribution in [0.15, 0.2) is 12.4 Å². The third kappa shape index (κ3) is 2.58. The molecule has 2 heterocycles. The summed E-state index contributed by atoms with van der Waals surface area (Å²) in [5, 5.41) is 8.60. The Labute approximate surface area is 105 Å². The molecule has 3 N–H and O–H groups in total. The topological polar surface area (TPSA) is 68.8 Å². The second-order valence-electron chi connectivity index (χ2n) is 3.99.